The van der Waals surface area contributed by atoms with E-state index in [9.17, 15) is 57.9 Å². The largest absolute Gasteiger partial charge is 1.00 e. The van der Waals surface area contributed by atoms with Crippen LogP contribution in [0.1, 0.15) is 385 Å². The third kappa shape index (κ3) is 81.2. The van der Waals surface area contributed by atoms with Crippen molar-refractivity contribution in [2.24, 2.45) is 0 Å². The Hall–Kier alpha value is -1.64. The number of esters is 2. The first-order valence-electron chi connectivity index (χ1n) is 44.3. The minimum atomic E-state index is -4.82. The summed E-state index contributed by atoms with van der Waals surface area (Å²) >= 11 is 0. The number of carbonyl (C=O) groups is 6. The Morgan fingerprint density at radius 3 is 0.947 bits per heavy atom. The molecule has 24 nitrogen and oxygen atoms in total. The van der Waals surface area contributed by atoms with Gasteiger partial charge in [0.1, 0.15) is 18.6 Å². The van der Waals surface area contributed by atoms with Crippen molar-refractivity contribution in [3.05, 3.63) is 24.3 Å². The van der Waals surface area contributed by atoms with Crippen LogP contribution in [0, 0.1) is 0 Å². The second-order valence-electron chi connectivity index (χ2n) is 30.3. The van der Waals surface area contributed by atoms with E-state index in [1.807, 2.05) is 0 Å². The molecule has 8 atom stereocenters. The Labute approximate surface area is 732 Å². The van der Waals surface area contributed by atoms with Gasteiger partial charge in [0.25, 0.3) is 0 Å². The van der Waals surface area contributed by atoms with E-state index in [-0.39, 0.29) is 139 Å². The standard InChI is InChI=1S/C85H162N4O20P2.2Na.2H/c1-7-13-19-25-29-33-37-43-49-55-78(108-84(96)57-51-45-39-35-31-27-21-15-9-3)67-82(94)88-74(70-102-63-59-76(90)53-47-41-23-17-11-5)72-106-110(98,99)104-65-61-86-80(92)69-81(93)87-62-66-105-111(100,101)107-73-75(71-103-64-60-77(91)54-48-42-24-18-12-6)89-83(95)68-79(56-50-44-38-34-30-26-20-14-8-2)109-85(97)58-52-46-40-36-32-28-22-16-10-4;;;;/h35-36,39-40,74-79,90-91H,7-34,37-38,41-73H2,1-6H3,(H,86,92)(H,87,93)(H,88,94)(H,89,95)(H,98,99)(H,100,101);;;;/q;2*+1;2*-1/b39-35+,40-36+;;;;/t74?,75?,76-,77-,78-,79-;;;;/m1..../s1. The Morgan fingerprint density at radius 1 is 0.345 bits per heavy atom. The molecule has 0 aliphatic carbocycles. The van der Waals surface area contributed by atoms with Crippen LogP contribution < -0.4 is 80.4 Å². The molecule has 0 aliphatic rings. The van der Waals surface area contributed by atoms with E-state index in [1.165, 1.54) is 103 Å². The maximum Gasteiger partial charge on any atom is 1.00 e. The van der Waals surface area contributed by atoms with Crippen molar-refractivity contribution in [1.29, 1.82) is 0 Å². The van der Waals surface area contributed by atoms with Gasteiger partial charge in [0.2, 0.25) is 23.6 Å². The number of aliphatic hydroxyl groups is 2. The molecule has 0 aromatic rings. The van der Waals surface area contributed by atoms with Crippen molar-refractivity contribution in [1.82, 2.24) is 21.3 Å². The van der Waals surface area contributed by atoms with Gasteiger partial charge in [0.05, 0.1) is 76.8 Å². The maximum atomic E-state index is 13.8. The van der Waals surface area contributed by atoms with Gasteiger partial charge in [-0.15, -0.1) is 0 Å². The fourth-order valence-electron chi connectivity index (χ4n) is 12.6. The summed E-state index contributed by atoms with van der Waals surface area (Å²) in [6, 6.07) is -1.92. The predicted molar refractivity (Wildman–Crippen MR) is 446 cm³/mol. The SMILES string of the molecule is CCCCCC/C=C/CCCC(=O)O[C@H](CCCCCCCCCCC)CC(=O)NC(COCC[C@H](O)CCCCCCC)COP(=O)(O)OCCNC(=O)CC(=O)NCCOP(=O)(O)OCC(COCC[C@H](O)CCCCCCC)NC(=O)C[C@@H](CCCCCCCCCCC)OC(=O)CCC/C=C/CCCCCC.[H-].[H-].[Na+].[Na+]. The third-order valence-corrected chi connectivity index (χ3v) is 21.3. The van der Waals surface area contributed by atoms with E-state index in [2.05, 4.69) is 87.1 Å². The molecule has 0 saturated carbocycles. The number of hydrogen-bond acceptors (Lipinski definition) is 18. The van der Waals surface area contributed by atoms with Crippen LogP contribution in [-0.2, 0) is 74.9 Å². The third-order valence-electron chi connectivity index (χ3n) is 19.4. The molecule has 0 aromatic carbocycles. The van der Waals surface area contributed by atoms with Gasteiger partial charge in [0, 0.05) is 39.1 Å². The van der Waals surface area contributed by atoms with E-state index < -0.39 is 109 Å². The van der Waals surface area contributed by atoms with Gasteiger partial charge in [-0.2, -0.15) is 0 Å². The van der Waals surface area contributed by atoms with Gasteiger partial charge in [0.15, 0.2) is 0 Å². The predicted octanol–water partition coefficient (Wildman–Crippen LogP) is 13.2. The summed E-state index contributed by atoms with van der Waals surface area (Å²) in [5.74, 6) is -3.28. The zero-order valence-corrected chi connectivity index (χ0v) is 78.3. The van der Waals surface area contributed by atoms with Crippen molar-refractivity contribution >= 4 is 51.2 Å². The molecule has 0 heterocycles. The molecular weight excluding hydrogens is 1500 g/mol. The van der Waals surface area contributed by atoms with Crippen LogP contribution in [0.15, 0.2) is 24.3 Å². The van der Waals surface area contributed by atoms with Crippen molar-refractivity contribution in [2.75, 3.05) is 65.9 Å². The Balaban J connectivity index is -0.0000101. The normalized spacial score (nSPS) is 14.2. The first-order valence-corrected chi connectivity index (χ1v) is 47.3. The first-order chi connectivity index (χ1) is 53.7. The summed E-state index contributed by atoms with van der Waals surface area (Å²) in [6.45, 7) is 10.3. The Kier molecular flexibility index (Phi) is 85.9. The number of allylic oxidation sites excluding steroid dienone is 4. The summed E-state index contributed by atoms with van der Waals surface area (Å²) in [5.41, 5.74) is 0. The fourth-order valence-corrected chi connectivity index (χ4v) is 14.2. The fraction of sp³-hybridized carbons (Fsp3) is 0.882. The number of phosphoric acid groups is 2. The summed E-state index contributed by atoms with van der Waals surface area (Å²) < 4.78 is 71.0. The van der Waals surface area contributed by atoms with Gasteiger partial charge >= 0.3 is 86.7 Å². The molecule has 0 saturated heterocycles. The Morgan fingerprint density at radius 2 is 0.628 bits per heavy atom. The van der Waals surface area contributed by atoms with Gasteiger partial charge in [-0.3, -0.25) is 46.9 Å². The molecule has 0 spiro atoms. The van der Waals surface area contributed by atoms with Crippen LogP contribution in [0.2, 0.25) is 0 Å². The smallest absolute Gasteiger partial charge is 1.00 e. The van der Waals surface area contributed by atoms with Gasteiger partial charge in [-0.25, -0.2) is 9.13 Å². The molecule has 0 bridgehead atoms. The molecule has 4 unspecified atom stereocenters. The molecule has 0 rings (SSSR count). The minimum Gasteiger partial charge on any atom is -1.00 e. The quantitative estimate of drug-likeness (QED) is 0.00700. The van der Waals surface area contributed by atoms with Crippen LogP contribution in [0.4, 0.5) is 0 Å². The van der Waals surface area contributed by atoms with Crippen LogP contribution in [-0.4, -0.2) is 158 Å². The Bertz CT molecular complexity index is 2270. The van der Waals surface area contributed by atoms with Crippen LogP contribution >= 0.6 is 15.6 Å². The first kappa shape index (κ1) is 116. The average Bonchev–Trinajstić information content (AvgIpc) is 0.901. The summed E-state index contributed by atoms with van der Waals surface area (Å²) in [4.78, 5) is 101. The zero-order valence-electron chi connectivity index (χ0n) is 74.5. The van der Waals surface area contributed by atoms with Crippen molar-refractivity contribution in [2.45, 2.75) is 418 Å². The average molecular weight is 1670 g/mol. The monoisotopic (exact) mass is 1670 g/mol. The second-order valence-corrected chi connectivity index (χ2v) is 33.2. The summed E-state index contributed by atoms with van der Waals surface area (Å²) in [7, 11) is -9.64. The molecule has 4 amide bonds. The van der Waals surface area contributed by atoms with Crippen molar-refractivity contribution in [3.8, 4) is 0 Å². The van der Waals surface area contributed by atoms with E-state index in [4.69, 9.17) is 37.0 Å². The summed E-state index contributed by atoms with van der Waals surface area (Å²) in [6.07, 6.45) is 52.8. The maximum absolute atomic E-state index is 13.8. The van der Waals surface area contributed by atoms with E-state index in [1.54, 1.807) is 0 Å². The minimum absolute atomic E-state index is 0. The van der Waals surface area contributed by atoms with Crippen molar-refractivity contribution in [3.63, 3.8) is 0 Å². The number of amides is 4. The molecule has 0 aliphatic heterocycles. The molecule has 0 fully saturated rings. The number of aliphatic hydroxyl groups excluding tert-OH is 2. The van der Waals surface area contributed by atoms with Crippen LogP contribution in [0.5, 0.6) is 0 Å². The molecule has 656 valence electrons. The zero-order chi connectivity index (χ0) is 81.8. The second kappa shape index (κ2) is 84.0. The number of carbonyl (C=O) groups excluding carboxylic acids is 6. The number of phosphoric ester groups is 2. The number of unbranched alkanes of at least 4 members (excludes halogenated alkanes) is 34. The summed E-state index contributed by atoms with van der Waals surface area (Å²) in [5, 5.41) is 31.8. The van der Waals surface area contributed by atoms with Gasteiger partial charge in [-0.05, 0) is 103 Å². The number of ether oxygens (including phenoxy) is 4. The number of hydrogen-bond donors (Lipinski definition) is 8. The van der Waals surface area contributed by atoms with Crippen LogP contribution in [0.25, 0.3) is 0 Å². The van der Waals surface area contributed by atoms with E-state index in [0.717, 1.165) is 154 Å². The molecule has 8 N–H and O–H groups in total. The van der Waals surface area contributed by atoms with Crippen molar-refractivity contribution < 1.29 is 157 Å². The molecule has 0 radical (unpaired) electrons. The number of nitrogens with one attached hydrogen (secondary N) is 4. The van der Waals surface area contributed by atoms with E-state index >= 15 is 0 Å². The van der Waals surface area contributed by atoms with Gasteiger partial charge < -0.3 is 63.1 Å². The topological polar surface area (TPSA) is 339 Å². The molecule has 28 heteroatoms. The van der Waals surface area contributed by atoms with E-state index in [0.29, 0.717) is 51.4 Å². The molecular formula is C85H164N4Na2O20P2. The van der Waals surface area contributed by atoms with Gasteiger partial charge in [-0.1, -0.05) is 271 Å². The number of rotatable bonds is 84. The molecule has 0 aromatic heterocycles. The molecule has 113 heavy (non-hydrogen) atoms. The van der Waals surface area contributed by atoms with Crippen LogP contribution in [0.3, 0.4) is 0 Å².